The average molecular weight is 855 g/mol. The summed E-state index contributed by atoms with van der Waals surface area (Å²) in [5, 5.41) is 0. The molecule has 0 saturated heterocycles. The van der Waals surface area contributed by atoms with E-state index in [1.165, 1.54) is 0 Å². The molecule has 0 radical (unpaired) electrons. The summed E-state index contributed by atoms with van der Waals surface area (Å²) in [5.41, 5.74) is 8.57. The second kappa shape index (κ2) is 51.9. The minimum atomic E-state index is -1.51. The lowest BCUT2D eigenvalue weighted by molar-refractivity contribution is 1.92. The topological polar surface area (TPSA) is 0 Å². The molecule has 1 heteroatoms. The first-order valence-electron chi connectivity index (χ1n) is 17.5. The van der Waals surface area contributed by atoms with Gasteiger partial charge in [-0.05, 0) is 315 Å². The first-order chi connectivity index (χ1) is 34.3. The number of hydrogen-bond acceptors (Lipinski definition) is 0. The highest BCUT2D eigenvalue weighted by atomic mass is 31.1. The lowest BCUT2D eigenvalue weighted by atomic mass is 10.4. The zero-order valence-electron chi connectivity index (χ0n) is 35.5. The Kier molecular flexibility index (Phi) is 41.3. The smallest absolute Gasteiger partial charge is 0.106 e. The third-order valence-electron chi connectivity index (χ3n) is 4.33. The highest BCUT2D eigenvalue weighted by Crippen LogP contribution is 2.29. The molecule has 0 spiro atoms. The van der Waals surface area contributed by atoms with Crippen molar-refractivity contribution in [3.63, 3.8) is 0 Å². The molecule has 284 valence electrons. The first-order valence-corrected chi connectivity index (χ1v) is 18.8. The van der Waals surface area contributed by atoms with Crippen molar-refractivity contribution in [1.29, 1.82) is 0 Å². The van der Waals surface area contributed by atoms with Gasteiger partial charge in [-0.3, -0.25) is 0 Å². The summed E-state index contributed by atoms with van der Waals surface area (Å²) in [7, 11) is -1.51. The van der Waals surface area contributed by atoms with E-state index >= 15 is 0 Å². The van der Waals surface area contributed by atoms with Gasteiger partial charge in [-0.15, -0.1) is 6.42 Å². The maximum absolute atomic E-state index is 4.97. The number of hydrogen-bond donors (Lipinski definition) is 0. The minimum absolute atomic E-state index is 1.51. The molecule has 0 heterocycles. The standard InChI is InChI=1S/C68H7P/c1-4-7-10-13-16-19-22-25-28-31-34-37-40-43-46-49-52-55-58-61-64-67-69(66-63-60-57-54-51-48-45-42-39-36-33-30-27-24-21-18-15-12-9-6-3)68-65-62-59-56-53-50-47-44-41-38-35-32-29-26-23-20-17-14-11-8-5-2/h3H,1-2H3. The SMILES string of the molecule is C#CC#CC#CC#CC#CC#CC#CC#CC#CC#CC#CP(C#CC#CC#CC#CC#CC#CC#CC#CC#CC#CC#CC)C#CC#CC#CC#CC#CC#CC#CC#CC#CC#CC#CC. The van der Waals surface area contributed by atoms with Gasteiger partial charge in [0.2, 0.25) is 0 Å². The van der Waals surface area contributed by atoms with E-state index < -0.39 is 7.92 Å². The maximum atomic E-state index is 4.97. The highest BCUT2D eigenvalue weighted by Gasteiger charge is 1.91. The van der Waals surface area contributed by atoms with Crippen molar-refractivity contribution in [3.05, 3.63) is 0 Å². The first kappa shape index (κ1) is 54.9. The summed E-state index contributed by atoms with van der Waals surface area (Å²) in [6, 6.07) is 0. The van der Waals surface area contributed by atoms with Crippen LogP contribution in [0.3, 0.4) is 0 Å². The Bertz CT molecular complexity index is 4220. The van der Waals surface area contributed by atoms with Crippen LogP contribution >= 0.6 is 7.92 Å². The van der Waals surface area contributed by atoms with Gasteiger partial charge < -0.3 is 0 Å². The molecule has 0 unspecified atom stereocenters. The number of terminal acetylenes is 1. The van der Waals surface area contributed by atoms with Crippen LogP contribution in [0.4, 0.5) is 0 Å². The fraction of sp³-hybridized carbons (Fsp3) is 0.0294. The highest BCUT2D eigenvalue weighted by molar-refractivity contribution is 7.72. The van der Waals surface area contributed by atoms with Crippen molar-refractivity contribution in [3.8, 4) is 390 Å². The molecule has 0 atom stereocenters. The zero-order chi connectivity index (χ0) is 49.5. The Hall–Kier alpha value is -14.1. The molecule has 69 heavy (non-hydrogen) atoms. The summed E-state index contributed by atoms with van der Waals surface area (Å²) in [6.45, 7) is 3.36. The molecule has 0 bridgehead atoms. The molecule has 0 aliphatic heterocycles. The minimum Gasteiger partial charge on any atom is -0.106 e. The molecule has 0 aromatic heterocycles. The molecular formula is C68H7P. The molecule has 0 amide bonds. The Morgan fingerprint density at radius 1 is 0.159 bits per heavy atom. The van der Waals surface area contributed by atoms with Gasteiger partial charge in [-0.1, -0.05) is 11.8 Å². The number of rotatable bonds is 0. The van der Waals surface area contributed by atoms with E-state index in [4.69, 9.17) is 6.42 Å². The van der Waals surface area contributed by atoms with Gasteiger partial charge >= 0.3 is 0 Å². The monoisotopic (exact) mass is 854 g/mol. The third-order valence-corrected chi connectivity index (χ3v) is 5.33. The normalized spacial score (nSPS) is 4.26. The van der Waals surface area contributed by atoms with Gasteiger partial charge in [0.25, 0.3) is 0 Å². The van der Waals surface area contributed by atoms with Gasteiger partial charge in [0.05, 0.1) is 0 Å². The summed E-state index contributed by atoms with van der Waals surface area (Å²) < 4.78 is 0. The summed E-state index contributed by atoms with van der Waals surface area (Å²) in [6.07, 6.45) is 4.97. The van der Waals surface area contributed by atoms with Crippen LogP contribution in [0.15, 0.2) is 0 Å². The molecule has 0 nitrogen and oxygen atoms in total. The van der Waals surface area contributed by atoms with Gasteiger partial charge in [0.15, 0.2) is 0 Å². The Morgan fingerprint density at radius 2 is 0.275 bits per heavy atom. The van der Waals surface area contributed by atoms with E-state index in [9.17, 15) is 0 Å². The lowest BCUT2D eigenvalue weighted by Crippen LogP contribution is -1.62. The van der Waals surface area contributed by atoms with Crippen LogP contribution in [0.1, 0.15) is 13.8 Å². The van der Waals surface area contributed by atoms with Crippen molar-refractivity contribution in [2.45, 2.75) is 13.8 Å². The van der Waals surface area contributed by atoms with Crippen molar-refractivity contribution in [2.75, 3.05) is 0 Å². The van der Waals surface area contributed by atoms with Gasteiger partial charge in [-0.2, -0.15) is 0 Å². The van der Waals surface area contributed by atoms with Crippen molar-refractivity contribution >= 4 is 7.92 Å². The van der Waals surface area contributed by atoms with Crippen LogP contribution in [0.5, 0.6) is 0 Å². The Morgan fingerprint density at radius 3 is 0.406 bits per heavy atom. The fourth-order valence-electron chi connectivity index (χ4n) is 2.15. The van der Waals surface area contributed by atoms with Gasteiger partial charge in [-0.25, -0.2) is 0 Å². The molecule has 0 aliphatic rings. The predicted molar refractivity (Wildman–Crippen MR) is 276 cm³/mol. The zero-order valence-corrected chi connectivity index (χ0v) is 36.4. The van der Waals surface area contributed by atoms with E-state index in [2.05, 4.69) is 384 Å². The third kappa shape index (κ3) is 50.0. The largest absolute Gasteiger partial charge is 0.130 e. The Balaban J connectivity index is 5.84. The van der Waals surface area contributed by atoms with Gasteiger partial charge in [0, 0.05) is 71.0 Å². The van der Waals surface area contributed by atoms with Crippen LogP contribution in [-0.4, -0.2) is 0 Å². The van der Waals surface area contributed by atoms with E-state index in [0.717, 1.165) is 0 Å². The summed E-state index contributed by atoms with van der Waals surface area (Å²) in [4.78, 5) is 0. The van der Waals surface area contributed by atoms with Gasteiger partial charge in [0.1, 0.15) is 7.92 Å². The predicted octanol–water partition coefficient (Wildman–Crippen LogP) is 2.12. The van der Waals surface area contributed by atoms with Crippen molar-refractivity contribution in [2.24, 2.45) is 0 Å². The van der Waals surface area contributed by atoms with E-state index in [1.54, 1.807) is 13.8 Å². The maximum Gasteiger partial charge on any atom is 0.130 e. The van der Waals surface area contributed by atoms with Crippen molar-refractivity contribution < 1.29 is 0 Å². The van der Waals surface area contributed by atoms with Crippen molar-refractivity contribution in [1.82, 2.24) is 0 Å². The quantitative estimate of drug-likeness (QED) is 0.259. The molecule has 0 aliphatic carbocycles. The summed E-state index contributed by atoms with van der Waals surface area (Å²) >= 11 is 0. The molecule has 0 rings (SSSR count). The molecule has 0 aromatic carbocycles. The second-order valence-corrected chi connectivity index (χ2v) is 10.0. The molecule has 0 fully saturated rings. The van der Waals surface area contributed by atoms with E-state index in [-0.39, 0.29) is 0 Å². The average Bonchev–Trinajstić information content (AvgIpc) is 3.36. The lowest BCUT2D eigenvalue weighted by Gasteiger charge is -1.84. The molecular weight excluding hydrogens is 848 g/mol. The van der Waals surface area contributed by atoms with Crippen LogP contribution in [0, 0.1) is 390 Å². The van der Waals surface area contributed by atoms with Crippen LogP contribution in [-0.2, 0) is 0 Å². The van der Waals surface area contributed by atoms with Crippen LogP contribution < -0.4 is 0 Å². The Labute approximate surface area is 410 Å². The fourth-order valence-corrected chi connectivity index (χ4v) is 2.82. The van der Waals surface area contributed by atoms with Crippen LogP contribution in [0.25, 0.3) is 0 Å². The van der Waals surface area contributed by atoms with E-state index in [0.29, 0.717) is 0 Å². The van der Waals surface area contributed by atoms with Crippen LogP contribution in [0.2, 0.25) is 0 Å². The second-order valence-electron chi connectivity index (χ2n) is 8.69. The van der Waals surface area contributed by atoms with E-state index in [1.807, 2.05) is 0 Å². The molecule has 0 aromatic rings. The molecule has 0 N–H and O–H groups in total. The molecule has 0 saturated carbocycles. The summed E-state index contributed by atoms with van der Waals surface area (Å²) in [5.74, 6) is 156.